The van der Waals surface area contributed by atoms with E-state index in [4.69, 9.17) is 30.4 Å². The van der Waals surface area contributed by atoms with Crippen LogP contribution in [0.25, 0.3) is 0 Å². The summed E-state index contributed by atoms with van der Waals surface area (Å²) in [6.07, 6.45) is 2.99. The Morgan fingerprint density at radius 2 is 1.16 bits per heavy atom. The van der Waals surface area contributed by atoms with Gasteiger partial charge in [0.1, 0.15) is 26.4 Å². The highest BCUT2D eigenvalue weighted by molar-refractivity contribution is 5.96. The summed E-state index contributed by atoms with van der Waals surface area (Å²) in [5.74, 6) is -1.09. The SMILES string of the molecule is C=COCCOC(=O)c1cc(Cc2ccc(N)c(C(=O)OCCOC=C)c2)ccc1N. The van der Waals surface area contributed by atoms with Gasteiger partial charge < -0.3 is 30.4 Å². The fourth-order valence-electron chi connectivity index (χ4n) is 2.70. The largest absolute Gasteiger partial charge is 0.498 e. The van der Waals surface area contributed by atoms with Crippen LogP contribution in [0, 0.1) is 0 Å². The van der Waals surface area contributed by atoms with E-state index in [1.54, 1.807) is 36.4 Å². The lowest BCUT2D eigenvalue weighted by Gasteiger charge is -2.11. The van der Waals surface area contributed by atoms with Crippen LogP contribution in [-0.4, -0.2) is 38.4 Å². The fourth-order valence-corrected chi connectivity index (χ4v) is 2.70. The number of anilines is 2. The molecule has 4 N–H and O–H groups in total. The van der Waals surface area contributed by atoms with Gasteiger partial charge in [-0.1, -0.05) is 25.3 Å². The van der Waals surface area contributed by atoms with Crippen LogP contribution in [0.4, 0.5) is 11.4 Å². The number of rotatable bonds is 12. The van der Waals surface area contributed by atoms with Crippen LogP contribution in [0.15, 0.2) is 62.1 Å². The van der Waals surface area contributed by atoms with Gasteiger partial charge >= 0.3 is 11.9 Å². The van der Waals surface area contributed by atoms with Gasteiger partial charge in [-0.05, 0) is 41.8 Å². The Kier molecular flexibility index (Phi) is 8.97. The molecule has 0 spiro atoms. The lowest BCUT2D eigenvalue weighted by molar-refractivity contribution is 0.0415. The zero-order valence-electron chi connectivity index (χ0n) is 17.2. The highest BCUT2D eigenvalue weighted by Crippen LogP contribution is 2.21. The van der Waals surface area contributed by atoms with Crippen LogP contribution >= 0.6 is 0 Å². The summed E-state index contributed by atoms with van der Waals surface area (Å²) in [5.41, 5.74) is 14.6. The normalized spacial score (nSPS) is 10.1. The molecule has 0 atom stereocenters. The number of benzene rings is 2. The number of carbonyl (C=O) groups is 2. The molecule has 0 amide bonds. The molecule has 0 saturated heterocycles. The number of esters is 2. The molecule has 2 aromatic rings. The molecule has 0 aliphatic rings. The first-order valence-corrected chi connectivity index (χ1v) is 9.52. The Balaban J connectivity index is 2.10. The summed E-state index contributed by atoms with van der Waals surface area (Å²) >= 11 is 0. The van der Waals surface area contributed by atoms with E-state index < -0.39 is 11.9 Å². The van der Waals surface area contributed by atoms with Crippen molar-refractivity contribution in [2.45, 2.75) is 6.42 Å². The molecule has 0 unspecified atom stereocenters. The van der Waals surface area contributed by atoms with Gasteiger partial charge in [-0.2, -0.15) is 0 Å². The zero-order chi connectivity index (χ0) is 22.6. The number of hydrogen-bond acceptors (Lipinski definition) is 8. The molecule has 8 heteroatoms. The van der Waals surface area contributed by atoms with Gasteiger partial charge in [-0.3, -0.25) is 0 Å². The summed E-state index contributed by atoms with van der Waals surface area (Å²) < 4.78 is 20.2. The Morgan fingerprint density at radius 1 is 0.742 bits per heavy atom. The molecule has 0 radical (unpaired) electrons. The second-order valence-electron chi connectivity index (χ2n) is 6.37. The van der Waals surface area contributed by atoms with E-state index in [0.29, 0.717) is 17.8 Å². The number of hydrogen-bond donors (Lipinski definition) is 2. The van der Waals surface area contributed by atoms with Crippen LogP contribution in [0.5, 0.6) is 0 Å². The Labute approximate surface area is 181 Å². The molecule has 31 heavy (non-hydrogen) atoms. The lowest BCUT2D eigenvalue weighted by Crippen LogP contribution is -2.13. The van der Waals surface area contributed by atoms with E-state index >= 15 is 0 Å². The highest BCUT2D eigenvalue weighted by Gasteiger charge is 2.15. The lowest BCUT2D eigenvalue weighted by atomic mass is 9.99. The molecule has 0 heterocycles. The molecule has 8 nitrogen and oxygen atoms in total. The van der Waals surface area contributed by atoms with Crippen LogP contribution in [-0.2, 0) is 25.4 Å². The molecule has 0 aromatic heterocycles. The smallest absolute Gasteiger partial charge is 0.340 e. The predicted molar refractivity (Wildman–Crippen MR) is 117 cm³/mol. The molecule has 0 saturated carbocycles. The Bertz CT molecular complexity index is 866. The molecule has 0 aliphatic carbocycles. The summed E-state index contributed by atoms with van der Waals surface area (Å²) in [4.78, 5) is 24.6. The Morgan fingerprint density at radius 3 is 1.55 bits per heavy atom. The summed E-state index contributed by atoms with van der Waals surface area (Å²) in [6.45, 7) is 7.41. The van der Waals surface area contributed by atoms with E-state index in [1.807, 2.05) is 0 Å². The minimum atomic E-state index is -0.546. The van der Waals surface area contributed by atoms with Crippen molar-refractivity contribution in [2.75, 3.05) is 37.9 Å². The van der Waals surface area contributed by atoms with E-state index in [-0.39, 0.29) is 37.6 Å². The average molecular weight is 426 g/mol. The van der Waals surface area contributed by atoms with Gasteiger partial charge in [0.25, 0.3) is 0 Å². The van der Waals surface area contributed by atoms with Crippen LogP contribution < -0.4 is 11.5 Å². The maximum absolute atomic E-state index is 12.3. The first-order valence-electron chi connectivity index (χ1n) is 9.52. The van der Waals surface area contributed by atoms with Crippen molar-refractivity contribution in [2.24, 2.45) is 0 Å². The van der Waals surface area contributed by atoms with Crippen molar-refractivity contribution in [1.29, 1.82) is 0 Å². The van der Waals surface area contributed by atoms with Crippen molar-refractivity contribution in [3.63, 3.8) is 0 Å². The van der Waals surface area contributed by atoms with Gasteiger partial charge in [0, 0.05) is 11.4 Å². The van der Waals surface area contributed by atoms with Crippen molar-refractivity contribution in [3.05, 3.63) is 84.3 Å². The van der Waals surface area contributed by atoms with Crippen molar-refractivity contribution < 1.29 is 28.5 Å². The molecular formula is C23H26N2O6. The van der Waals surface area contributed by atoms with E-state index in [2.05, 4.69) is 13.2 Å². The van der Waals surface area contributed by atoms with Crippen LogP contribution in [0.3, 0.4) is 0 Å². The molecule has 0 fully saturated rings. The number of carbonyl (C=O) groups excluding carboxylic acids is 2. The second-order valence-corrected chi connectivity index (χ2v) is 6.37. The first-order chi connectivity index (χ1) is 15.0. The first kappa shape index (κ1) is 23.3. The van der Waals surface area contributed by atoms with Crippen molar-refractivity contribution in [3.8, 4) is 0 Å². The average Bonchev–Trinajstić information content (AvgIpc) is 2.76. The van der Waals surface area contributed by atoms with E-state index in [0.717, 1.165) is 11.1 Å². The van der Waals surface area contributed by atoms with Gasteiger partial charge in [-0.15, -0.1) is 0 Å². The molecule has 0 bridgehead atoms. The topological polar surface area (TPSA) is 123 Å². The molecular weight excluding hydrogens is 400 g/mol. The maximum Gasteiger partial charge on any atom is 0.340 e. The summed E-state index contributed by atoms with van der Waals surface area (Å²) in [7, 11) is 0. The van der Waals surface area contributed by atoms with Crippen LogP contribution in [0.1, 0.15) is 31.8 Å². The number of ether oxygens (including phenoxy) is 4. The van der Waals surface area contributed by atoms with Gasteiger partial charge in [0.2, 0.25) is 0 Å². The van der Waals surface area contributed by atoms with Crippen molar-refractivity contribution >= 4 is 23.3 Å². The quantitative estimate of drug-likeness (QED) is 0.230. The minimum absolute atomic E-state index is 0.0792. The third kappa shape index (κ3) is 7.11. The standard InChI is InChI=1S/C23H26N2O6/c1-3-28-9-11-30-22(26)18-14-16(5-7-20(18)24)13-17-6-8-21(25)19(15-17)23(27)31-12-10-29-4-2/h3-8,14-15H,1-2,9-13,24-25H2. The van der Waals surface area contributed by atoms with E-state index in [9.17, 15) is 9.59 Å². The van der Waals surface area contributed by atoms with Gasteiger partial charge in [-0.25, -0.2) is 9.59 Å². The predicted octanol–water partition coefficient (Wildman–Crippen LogP) is 3.08. The van der Waals surface area contributed by atoms with Gasteiger partial charge in [0.15, 0.2) is 0 Å². The van der Waals surface area contributed by atoms with Crippen LogP contribution in [0.2, 0.25) is 0 Å². The molecule has 2 aromatic carbocycles. The third-order valence-electron chi connectivity index (χ3n) is 4.19. The van der Waals surface area contributed by atoms with Gasteiger partial charge in [0.05, 0.1) is 23.7 Å². The second kappa shape index (κ2) is 11.9. The maximum atomic E-state index is 12.3. The Hall–Kier alpha value is -3.94. The molecule has 0 aliphatic heterocycles. The third-order valence-corrected chi connectivity index (χ3v) is 4.19. The summed E-state index contributed by atoms with van der Waals surface area (Å²) in [6, 6.07) is 10.2. The number of nitrogen functional groups attached to an aromatic ring is 2. The van der Waals surface area contributed by atoms with Crippen molar-refractivity contribution in [1.82, 2.24) is 0 Å². The molecule has 164 valence electrons. The molecule has 2 rings (SSSR count). The monoisotopic (exact) mass is 426 g/mol. The zero-order valence-corrected chi connectivity index (χ0v) is 17.2. The summed E-state index contributed by atoms with van der Waals surface area (Å²) in [5, 5.41) is 0. The fraction of sp³-hybridized carbons (Fsp3) is 0.217. The number of nitrogens with two attached hydrogens (primary N) is 2. The minimum Gasteiger partial charge on any atom is -0.498 e. The highest BCUT2D eigenvalue weighted by atomic mass is 16.6. The van der Waals surface area contributed by atoms with E-state index in [1.165, 1.54) is 12.5 Å².